The first-order valence-electron chi connectivity index (χ1n) is 24.9. The molecule has 0 radical (unpaired) electrons. The second-order valence-electron chi connectivity index (χ2n) is 16.0. The van der Waals surface area contributed by atoms with Crippen molar-refractivity contribution in [2.75, 3.05) is 13.2 Å². The lowest BCUT2D eigenvalue weighted by Gasteiger charge is -2.18. The number of ether oxygens (including phenoxy) is 3. The van der Waals surface area contributed by atoms with Crippen molar-refractivity contribution in [1.82, 2.24) is 0 Å². The van der Waals surface area contributed by atoms with Gasteiger partial charge in [0.1, 0.15) is 13.2 Å². The third kappa shape index (κ3) is 47.1. The third-order valence-electron chi connectivity index (χ3n) is 10.0. The molecule has 0 fully saturated rings. The molecule has 0 saturated heterocycles. The van der Waals surface area contributed by atoms with Crippen LogP contribution in [0.3, 0.4) is 0 Å². The Hall–Kier alpha value is -3.93. The fraction of sp³-hybridized carbons (Fsp3) is 0.625. The topological polar surface area (TPSA) is 78.9 Å². The quantitative estimate of drug-likeness (QED) is 0.0263. The SMILES string of the molecule is CC/C=C\C/C=C\C/C=C\C/C=C\C/C=C\CCCC(=O)OCC(COC(=O)CC/C=C\C/C=C\C/C=C\C/C=C\CC)OC(=O)CCCCCCCCCCCCCCCC. The molecule has 6 nitrogen and oxygen atoms in total. The maximum absolute atomic E-state index is 12.8. The van der Waals surface area contributed by atoms with E-state index < -0.39 is 6.10 Å². The van der Waals surface area contributed by atoms with E-state index in [9.17, 15) is 14.4 Å². The Morgan fingerprint density at radius 1 is 0.339 bits per heavy atom. The van der Waals surface area contributed by atoms with Gasteiger partial charge in [-0.25, -0.2) is 0 Å². The molecule has 0 aliphatic carbocycles. The van der Waals surface area contributed by atoms with Crippen LogP contribution in [0.1, 0.15) is 207 Å². The maximum Gasteiger partial charge on any atom is 0.306 e. The highest BCUT2D eigenvalue weighted by Gasteiger charge is 2.19. The molecule has 0 aromatic heterocycles. The van der Waals surface area contributed by atoms with Crippen molar-refractivity contribution >= 4 is 17.9 Å². The summed E-state index contributed by atoms with van der Waals surface area (Å²) in [6, 6.07) is 0. The summed E-state index contributed by atoms with van der Waals surface area (Å²) in [7, 11) is 0. The van der Waals surface area contributed by atoms with Gasteiger partial charge in [-0.2, -0.15) is 0 Å². The van der Waals surface area contributed by atoms with E-state index in [4.69, 9.17) is 14.2 Å². The molecule has 1 atom stereocenters. The number of allylic oxidation sites excluding steroid dienone is 18. The van der Waals surface area contributed by atoms with Gasteiger partial charge in [-0.1, -0.05) is 214 Å². The monoisotopic (exact) mass is 859 g/mol. The fourth-order valence-electron chi connectivity index (χ4n) is 6.37. The van der Waals surface area contributed by atoms with E-state index >= 15 is 0 Å². The van der Waals surface area contributed by atoms with Crippen LogP contribution in [0.25, 0.3) is 0 Å². The average molecular weight is 859 g/mol. The Bertz CT molecular complexity index is 1310. The molecule has 0 aromatic rings. The molecular formula is C56H90O6. The molecule has 0 spiro atoms. The summed E-state index contributed by atoms with van der Waals surface area (Å²) >= 11 is 0. The van der Waals surface area contributed by atoms with Crippen molar-refractivity contribution in [2.24, 2.45) is 0 Å². The summed E-state index contributed by atoms with van der Waals surface area (Å²) in [5, 5.41) is 0. The molecule has 0 bridgehead atoms. The Morgan fingerprint density at radius 3 is 1.06 bits per heavy atom. The Balaban J connectivity index is 4.56. The lowest BCUT2D eigenvalue weighted by Crippen LogP contribution is -2.30. The molecule has 62 heavy (non-hydrogen) atoms. The van der Waals surface area contributed by atoms with E-state index in [0.29, 0.717) is 19.3 Å². The minimum absolute atomic E-state index is 0.130. The number of carbonyl (C=O) groups is 3. The fourth-order valence-corrected chi connectivity index (χ4v) is 6.37. The third-order valence-corrected chi connectivity index (χ3v) is 10.0. The first-order valence-corrected chi connectivity index (χ1v) is 24.9. The van der Waals surface area contributed by atoms with Crippen molar-refractivity contribution in [3.63, 3.8) is 0 Å². The number of unbranched alkanes of at least 4 members (excludes halogenated alkanes) is 14. The summed E-state index contributed by atoms with van der Waals surface area (Å²) in [6.07, 6.45) is 66.6. The molecule has 0 aliphatic rings. The maximum atomic E-state index is 12.8. The number of rotatable bonds is 43. The molecule has 0 aromatic carbocycles. The van der Waals surface area contributed by atoms with Crippen molar-refractivity contribution in [3.8, 4) is 0 Å². The van der Waals surface area contributed by atoms with Crippen LogP contribution < -0.4 is 0 Å². The van der Waals surface area contributed by atoms with Crippen LogP contribution in [0, 0.1) is 0 Å². The molecule has 0 rings (SSSR count). The molecule has 0 heterocycles. The summed E-state index contributed by atoms with van der Waals surface area (Å²) in [4.78, 5) is 37.9. The van der Waals surface area contributed by atoms with Crippen molar-refractivity contribution in [2.45, 2.75) is 213 Å². The van der Waals surface area contributed by atoms with Gasteiger partial charge in [-0.05, 0) is 83.5 Å². The molecule has 1 unspecified atom stereocenters. The van der Waals surface area contributed by atoms with Crippen LogP contribution >= 0.6 is 0 Å². The number of esters is 3. The van der Waals surface area contributed by atoms with Gasteiger partial charge in [-0.3, -0.25) is 14.4 Å². The zero-order valence-electron chi connectivity index (χ0n) is 39.8. The number of hydrogen-bond acceptors (Lipinski definition) is 6. The van der Waals surface area contributed by atoms with E-state index in [1.54, 1.807) is 0 Å². The van der Waals surface area contributed by atoms with Crippen LogP contribution in [0.2, 0.25) is 0 Å². The first-order chi connectivity index (χ1) is 30.5. The normalized spacial score (nSPS) is 13.0. The molecule has 6 heteroatoms. The second kappa shape index (κ2) is 49.7. The minimum atomic E-state index is -0.828. The van der Waals surface area contributed by atoms with Crippen LogP contribution in [0.5, 0.6) is 0 Å². The van der Waals surface area contributed by atoms with Crippen LogP contribution in [-0.2, 0) is 28.6 Å². The number of hydrogen-bond donors (Lipinski definition) is 0. The molecule has 0 saturated carbocycles. The second-order valence-corrected chi connectivity index (χ2v) is 16.0. The lowest BCUT2D eigenvalue weighted by atomic mass is 10.0. The zero-order valence-corrected chi connectivity index (χ0v) is 39.8. The van der Waals surface area contributed by atoms with Gasteiger partial charge < -0.3 is 14.2 Å². The highest BCUT2D eigenvalue weighted by atomic mass is 16.6. The predicted octanol–water partition coefficient (Wildman–Crippen LogP) is 16.4. The average Bonchev–Trinajstić information content (AvgIpc) is 3.27. The predicted molar refractivity (Wildman–Crippen MR) is 265 cm³/mol. The highest BCUT2D eigenvalue weighted by molar-refractivity contribution is 5.71. The van der Waals surface area contributed by atoms with Gasteiger partial charge in [0.15, 0.2) is 6.10 Å². The van der Waals surface area contributed by atoms with Crippen LogP contribution in [-0.4, -0.2) is 37.2 Å². The zero-order chi connectivity index (χ0) is 45.1. The van der Waals surface area contributed by atoms with Gasteiger partial charge in [0.25, 0.3) is 0 Å². The summed E-state index contributed by atoms with van der Waals surface area (Å²) < 4.78 is 16.6. The molecule has 0 amide bonds. The highest BCUT2D eigenvalue weighted by Crippen LogP contribution is 2.14. The Morgan fingerprint density at radius 2 is 0.661 bits per heavy atom. The van der Waals surface area contributed by atoms with Crippen molar-refractivity contribution in [1.29, 1.82) is 0 Å². The Labute approximate surface area is 380 Å². The van der Waals surface area contributed by atoms with E-state index in [1.807, 2.05) is 12.2 Å². The van der Waals surface area contributed by atoms with Gasteiger partial charge in [0, 0.05) is 19.3 Å². The van der Waals surface area contributed by atoms with Gasteiger partial charge in [-0.15, -0.1) is 0 Å². The van der Waals surface area contributed by atoms with E-state index in [1.165, 1.54) is 70.6 Å². The first kappa shape index (κ1) is 58.1. The summed E-state index contributed by atoms with van der Waals surface area (Å²) in [5.41, 5.74) is 0. The van der Waals surface area contributed by atoms with Crippen molar-refractivity contribution < 1.29 is 28.6 Å². The van der Waals surface area contributed by atoms with Crippen LogP contribution in [0.4, 0.5) is 0 Å². The largest absolute Gasteiger partial charge is 0.462 e. The van der Waals surface area contributed by atoms with E-state index in [0.717, 1.165) is 83.5 Å². The molecular weight excluding hydrogens is 769 g/mol. The van der Waals surface area contributed by atoms with E-state index in [2.05, 4.69) is 118 Å². The van der Waals surface area contributed by atoms with Crippen molar-refractivity contribution in [3.05, 3.63) is 109 Å². The van der Waals surface area contributed by atoms with E-state index in [-0.39, 0.29) is 44.0 Å². The van der Waals surface area contributed by atoms with Crippen LogP contribution in [0.15, 0.2) is 109 Å². The minimum Gasteiger partial charge on any atom is -0.462 e. The lowest BCUT2D eigenvalue weighted by molar-refractivity contribution is -0.166. The summed E-state index contributed by atoms with van der Waals surface area (Å²) in [6.45, 7) is 6.28. The molecule has 350 valence electrons. The summed E-state index contributed by atoms with van der Waals surface area (Å²) in [5.74, 6) is -1.07. The standard InChI is InChI=1S/C56H90O6/c1-4-7-10-13-16-19-22-25-27-28-29-32-34-37-40-43-46-49-55(58)61-52-53(51-60-54(57)48-45-42-39-36-33-30-24-21-18-15-12-9-6-3)62-56(59)50-47-44-41-38-35-31-26-23-20-17-14-11-8-5-2/h7,9-10,12,16,18-19,21,25,27,29-30,32-33,37,39-40,42,53H,4-6,8,11,13-15,17,20,22-24,26,28,31,34-36,38,41,43-52H2,1-3H3/b10-7-,12-9-,19-16-,21-18-,27-25-,32-29-,33-30-,40-37-,42-39-. The van der Waals surface area contributed by atoms with Gasteiger partial charge in [0.2, 0.25) is 0 Å². The molecule has 0 aliphatic heterocycles. The van der Waals surface area contributed by atoms with Gasteiger partial charge in [0.05, 0.1) is 0 Å². The smallest absolute Gasteiger partial charge is 0.306 e. The Kier molecular flexibility index (Phi) is 46.6. The number of carbonyl (C=O) groups excluding carboxylic acids is 3. The van der Waals surface area contributed by atoms with Gasteiger partial charge >= 0.3 is 17.9 Å². The molecule has 0 N–H and O–H groups in total.